The van der Waals surface area contributed by atoms with Gasteiger partial charge in [0.15, 0.2) is 21.3 Å². The minimum Gasteiger partial charge on any atom is -0.493 e. The molecular weight excluding hydrogens is 278 g/mol. The molecule has 6 heteroatoms. The first-order chi connectivity index (χ1) is 9.54. The fourth-order valence-corrected chi connectivity index (χ4v) is 4.04. The third-order valence-electron chi connectivity index (χ3n) is 3.30. The van der Waals surface area contributed by atoms with Gasteiger partial charge < -0.3 is 14.8 Å². The zero-order valence-corrected chi connectivity index (χ0v) is 12.7. The SMILES string of the molecule is CCOc1ccc(NC2CCCS(=O)(=O)C2)cc1OC. The number of sulfone groups is 1. The number of benzene rings is 1. The predicted octanol–water partition coefficient (Wildman–Crippen LogP) is 2.08. The Morgan fingerprint density at radius 2 is 2.15 bits per heavy atom. The Kier molecular flexibility index (Phi) is 4.75. The van der Waals surface area contributed by atoms with Gasteiger partial charge in [0, 0.05) is 17.8 Å². The molecule has 0 bridgehead atoms. The molecule has 0 radical (unpaired) electrons. The molecule has 1 fully saturated rings. The van der Waals surface area contributed by atoms with E-state index in [1.807, 2.05) is 25.1 Å². The molecular formula is C14H21NO4S. The van der Waals surface area contributed by atoms with Crippen molar-refractivity contribution in [2.75, 3.05) is 30.5 Å². The highest BCUT2D eigenvalue weighted by Crippen LogP contribution is 2.31. The minimum absolute atomic E-state index is 0.0311. The van der Waals surface area contributed by atoms with Crippen LogP contribution in [0.4, 0.5) is 5.69 Å². The quantitative estimate of drug-likeness (QED) is 0.902. The van der Waals surface area contributed by atoms with Crippen LogP contribution in [0.15, 0.2) is 18.2 Å². The molecule has 112 valence electrons. The van der Waals surface area contributed by atoms with E-state index in [0.717, 1.165) is 12.1 Å². The molecule has 1 saturated heterocycles. The Bertz CT molecular complexity index is 556. The molecule has 0 spiro atoms. The first-order valence-corrected chi connectivity index (χ1v) is 8.64. The maximum absolute atomic E-state index is 11.6. The lowest BCUT2D eigenvalue weighted by atomic mass is 10.1. The van der Waals surface area contributed by atoms with E-state index in [2.05, 4.69) is 5.32 Å². The van der Waals surface area contributed by atoms with Gasteiger partial charge in [0.2, 0.25) is 0 Å². The summed E-state index contributed by atoms with van der Waals surface area (Å²) in [6, 6.07) is 5.53. The normalized spacial score (nSPS) is 21.2. The van der Waals surface area contributed by atoms with E-state index in [0.29, 0.717) is 30.3 Å². The van der Waals surface area contributed by atoms with Crippen LogP contribution in [0.1, 0.15) is 19.8 Å². The lowest BCUT2D eigenvalue weighted by Crippen LogP contribution is -2.34. The van der Waals surface area contributed by atoms with Crippen molar-refractivity contribution in [2.24, 2.45) is 0 Å². The summed E-state index contributed by atoms with van der Waals surface area (Å²) < 4.78 is 34.0. The molecule has 1 unspecified atom stereocenters. The Balaban J connectivity index is 2.09. The fourth-order valence-electron chi connectivity index (χ4n) is 2.40. The standard InChI is InChI=1S/C14H21NO4S/c1-3-19-13-7-6-11(9-14(13)18-2)15-12-5-4-8-20(16,17)10-12/h6-7,9,12,15H,3-5,8,10H2,1-2H3. The number of hydrogen-bond donors (Lipinski definition) is 1. The van der Waals surface area contributed by atoms with Crippen LogP contribution in [0.25, 0.3) is 0 Å². The third-order valence-corrected chi connectivity index (χ3v) is 5.12. The summed E-state index contributed by atoms with van der Waals surface area (Å²) in [4.78, 5) is 0. The monoisotopic (exact) mass is 299 g/mol. The third kappa shape index (κ3) is 3.79. The van der Waals surface area contributed by atoms with Crippen LogP contribution in [0.5, 0.6) is 11.5 Å². The van der Waals surface area contributed by atoms with Gasteiger partial charge in [-0.3, -0.25) is 0 Å². The van der Waals surface area contributed by atoms with Crippen LogP contribution in [-0.2, 0) is 9.84 Å². The molecule has 1 heterocycles. The second-order valence-corrected chi connectivity index (χ2v) is 7.13. The average molecular weight is 299 g/mol. The smallest absolute Gasteiger partial charge is 0.162 e. The largest absolute Gasteiger partial charge is 0.493 e. The van der Waals surface area contributed by atoms with Crippen molar-refractivity contribution in [1.82, 2.24) is 0 Å². The number of ether oxygens (including phenoxy) is 2. The number of nitrogens with one attached hydrogen (secondary N) is 1. The Hall–Kier alpha value is -1.43. The molecule has 1 aliphatic heterocycles. The fraction of sp³-hybridized carbons (Fsp3) is 0.571. The van der Waals surface area contributed by atoms with Crippen molar-refractivity contribution in [3.63, 3.8) is 0 Å². The molecule has 5 nitrogen and oxygen atoms in total. The minimum atomic E-state index is -2.90. The first-order valence-electron chi connectivity index (χ1n) is 6.82. The number of hydrogen-bond acceptors (Lipinski definition) is 5. The Labute approximate surface area is 120 Å². The summed E-state index contributed by atoms with van der Waals surface area (Å²) in [6.07, 6.45) is 1.59. The second kappa shape index (κ2) is 6.35. The summed E-state index contributed by atoms with van der Waals surface area (Å²) in [7, 11) is -1.31. The zero-order chi connectivity index (χ0) is 14.6. The van der Waals surface area contributed by atoms with Crippen molar-refractivity contribution >= 4 is 15.5 Å². The van der Waals surface area contributed by atoms with Gasteiger partial charge in [-0.05, 0) is 31.9 Å². The molecule has 0 aromatic heterocycles. The summed E-state index contributed by atoms with van der Waals surface area (Å²) in [5.41, 5.74) is 0.854. The second-order valence-electron chi connectivity index (χ2n) is 4.90. The van der Waals surface area contributed by atoms with Crippen LogP contribution in [0, 0.1) is 0 Å². The van der Waals surface area contributed by atoms with E-state index in [9.17, 15) is 8.42 Å². The Morgan fingerprint density at radius 1 is 1.35 bits per heavy atom. The van der Waals surface area contributed by atoms with Crippen LogP contribution in [-0.4, -0.2) is 39.7 Å². The number of rotatable bonds is 5. The van der Waals surface area contributed by atoms with Crippen molar-refractivity contribution in [3.05, 3.63) is 18.2 Å². The molecule has 20 heavy (non-hydrogen) atoms. The van der Waals surface area contributed by atoms with Gasteiger partial charge in [-0.25, -0.2) is 8.42 Å². The molecule has 1 aromatic rings. The maximum atomic E-state index is 11.6. The predicted molar refractivity (Wildman–Crippen MR) is 79.5 cm³/mol. The molecule has 1 aromatic carbocycles. The highest BCUT2D eigenvalue weighted by atomic mass is 32.2. The van der Waals surface area contributed by atoms with Gasteiger partial charge in [0.05, 0.1) is 25.2 Å². The van der Waals surface area contributed by atoms with Crippen molar-refractivity contribution in [2.45, 2.75) is 25.8 Å². The molecule has 1 N–H and O–H groups in total. The Morgan fingerprint density at radius 3 is 2.80 bits per heavy atom. The van der Waals surface area contributed by atoms with Gasteiger partial charge >= 0.3 is 0 Å². The highest BCUT2D eigenvalue weighted by molar-refractivity contribution is 7.91. The van der Waals surface area contributed by atoms with Gasteiger partial charge in [-0.15, -0.1) is 0 Å². The lowest BCUT2D eigenvalue weighted by Gasteiger charge is -2.24. The molecule has 2 rings (SSSR count). The number of anilines is 1. The first kappa shape index (κ1) is 15.0. The lowest BCUT2D eigenvalue weighted by molar-refractivity contribution is 0.311. The van der Waals surface area contributed by atoms with E-state index in [1.165, 1.54) is 0 Å². The molecule has 0 amide bonds. The highest BCUT2D eigenvalue weighted by Gasteiger charge is 2.24. The topological polar surface area (TPSA) is 64.6 Å². The molecule has 1 atom stereocenters. The van der Waals surface area contributed by atoms with E-state index in [4.69, 9.17) is 9.47 Å². The van der Waals surface area contributed by atoms with Gasteiger partial charge in [0.25, 0.3) is 0 Å². The van der Waals surface area contributed by atoms with Crippen molar-refractivity contribution < 1.29 is 17.9 Å². The van der Waals surface area contributed by atoms with Crippen LogP contribution in [0.3, 0.4) is 0 Å². The van der Waals surface area contributed by atoms with Gasteiger partial charge in [0.1, 0.15) is 0 Å². The van der Waals surface area contributed by atoms with Crippen LogP contribution >= 0.6 is 0 Å². The summed E-state index contributed by atoms with van der Waals surface area (Å²) >= 11 is 0. The van der Waals surface area contributed by atoms with Crippen LogP contribution < -0.4 is 14.8 Å². The van der Waals surface area contributed by atoms with Gasteiger partial charge in [-0.2, -0.15) is 0 Å². The average Bonchev–Trinajstić information content (AvgIpc) is 2.39. The molecule has 0 aliphatic carbocycles. The summed E-state index contributed by atoms with van der Waals surface area (Å²) in [6.45, 7) is 2.49. The molecule has 0 saturated carbocycles. The number of methoxy groups -OCH3 is 1. The van der Waals surface area contributed by atoms with E-state index < -0.39 is 9.84 Å². The summed E-state index contributed by atoms with van der Waals surface area (Å²) in [5.74, 6) is 1.84. The molecule has 1 aliphatic rings. The van der Waals surface area contributed by atoms with E-state index in [1.54, 1.807) is 7.11 Å². The zero-order valence-electron chi connectivity index (χ0n) is 11.9. The van der Waals surface area contributed by atoms with E-state index >= 15 is 0 Å². The van der Waals surface area contributed by atoms with Crippen LogP contribution in [0.2, 0.25) is 0 Å². The maximum Gasteiger partial charge on any atom is 0.162 e. The van der Waals surface area contributed by atoms with Crippen molar-refractivity contribution in [1.29, 1.82) is 0 Å². The summed E-state index contributed by atoms with van der Waals surface area (Å²) in [5, 5.41) is 3.27. The van der Waals surface area contributed by atoms with Crippen molar-refractivity contribution in [3.8, 4) is 11.5 Å². The van der Waals surface area contributed by atoms with E-state index in [-0.39, 0.29) is 11.8 Å². The van der Waals surface area contributed by atoms with Gasteiger partial charge in [-0.1, -0.05) is 0 Å².